The molecule has 0 bridgehead atoms. The summed E-state index contributed by atoms with van der Waals surface area (Å²) in [7, 11) is 0. The van der Waals surface area contributed by atoms with Crippen LogP contribution in [0.2, 0.25) is 0 Å². The lowest BCUT2D eigenvalue weighted by Gasteiger charge is -2.09. The van der Waals surface area contributed by atoms with Crippen LogP contribution in [-0.4, -0.2) is 25.9 Å². The van der Waals surface area contributed by atoms with E-state index in [1.165, 1.54) is 12.1 Å². The van der Waals surface area contributed by atoms with Crippen LogP contribution < -0.4 is 5.32 Å². The van der Waals surface area contributed by atoms with E-state index in [-0.39, 0.29) is 18.7 Å². The summed E-state index contributed by atoms with van der Waals surface area (Å²) in [4.78, 5) is 0. The van der Waals surface area contributed by atoms with Crippen LogP contribution in [0.15, 0.2) is 18.2 Å². The standard InChI is InChI=1S/C11H10F4N2O/c12-10-2-1-9(5-8(10)6-16)17-3-4-18-7-11(13,14)15/h1-2,5,17H,3-4,7H2. The summed E-state index contributed by atoms with van der Waals surface area (Å²) in [5.41, 5.74) is 0.319. The largest absolute Gasteiger partial charge is 0.411 e. The normalized spacial score (nSPS) is 11.1. The zero-order chi connectivity index (χ0) is 13.6. The van der Waals surface area contributed by atoms with Crippen LogP contribution in [-0.2, 0) is 4.74 Å². The third-order valence-electron chi connectivity index (χ3n) is 1.93. The number of hydrogen-bond acceptors (Lipinski definition) is 3. The molecule has 1 rings (SSSR count). The van der Waals surface area contributed by atoms with E-state index >= 15 is 0 Å². The lowest BCUT2D eigenvalue weighted by Crippen LogP contribution is -2.20. The van der Waals surface area contributed by atoms with E-state index in [0.717, 1.165) is 6.07 Å². The van der Waals surface area contributed by atoms with Crippen LogP contribution in [0, 0.1) is 17.1 Å². The molecule has 0 fully saturated rings. The van der Waals surface area contributed by atoms with Crippen molar-refractivity contribution in [2.45, 2.75) is 6.18 Å². The molecule has 0 amide bonds. The molecule has 0 aliphatic carbocycles. The smallest absolute Gasteiger partial charge is 0.383 e. The Hall–Kier alpha value is -1.81. The van der Waals surface area contributed by atoms with Gasteiger partial charge in [0.25, 0.3) is 0 Å². The number of ether oxygens (including phenoxy) is 1. The topological polar surface area (TPSA) is 45.0 Å². The minimum Gasteiger partial charge on any atom is -0.383 e. The fourth-order valence-electron chi connectivity index (χ4n) is 1.18. The van der Waals surface area contributed by atoms with Crippen molar-refractivity contribution < 1.29 is 22.3 Å². The van der Waals surface area contributed by atoms with Gasteiger partial charge in [-0.1, -0.05) is 0 Å². The maximum Gasteiger partial charge on any atom is 0.411 e. The third kappa shape index (κ3) is 5.01. The fourth-order valence-corrected chi connectivity index (χ4v) is 1.18. The molecule has 18 heavy (non-hydrogen) atoms. The molecule has 1 aromatic carbocycles. The number of anilines is 1. The Morgan fingerprint density at radius 1 is 1.33 bits per heavy atom. The Bertz CT molecular complexity index is 440. The second-order valence-electron chi connectivity index (χ2n) is 3.40. The monoisotopic (exact) mass is 262 g/mol. The molecule has 0 spiro atoms. The van der Waals surface area contributed by atoms with Crippen LogP contribution in [0.4, 0.5) is 23.2 Å². The van der Waals surface area contributed by atoms with Gasteiger partial charge >= 0.3 is 6.18 Å². The van der Waals surface area contributed by atoms with Gasteiger partial charge in [0.1, 0.15) is 18.5 Å². The Labute approximate surface area is 101 Å². The highest BCUT2D eigenvalue weighted by Crippen LogP contribution is 2.15. The maximum atomic E-state index is 12.9. The molecule has 0 saturated heterocycles. The zero-order valence-corrected chi connectivity index (χ0v) is 9.22. The molecule has 0 heterocycles. The summed E-state index contributed by atoms with van der Waals surface area (Å²) in [6, 6.07) is 5.44. The number of nitriles is 1. The average Bonchev–Trinajstić information content (AvgIpc) is 2.29. The second kappa shape index (κ2) is 6.21. The van der Waals surface area contributed by atoms with Gasteiger partial charge in [-0.3, -0.25) is 0 Å². The molecule has 0 unspecified atom stereocenters. The molecule has 3 nitrogen and oxygen atoms in total. The van der Waals surface area contributed by atoms with Gasteiger partial charge in [-0.15, -0.1) is 0 Å². The first-order chi connectivity index (χ1) is 8.42. The lowest BCUT2D eigenvalue weighted by molar-refractivity contribution is -0.172. The van der Waals surface area contributed by atoms with Gasteiger partial charge in [-0.05, 0) is 18.2 Å². The van der Waals surface area contributed by atoms with E-state index in [2.05, 4.69) is 10.1 Å². The van der Waals surface area contributed by atoms with Crippen LogP contribution >= 0.6 is 0 Å². The zero-order valence-electron chi connectivity index (χ0n) is 9.22. The average molecular weight is 262 g/mol. The number of halogens is 4. The molecule has 1 N–H and O–H groups in total. The quantitative estimate of drug-likeness (QED) is 0.655. The van der Waals surface area contributed by atoms with Gasteiger partial charge in [-0.25, -0.2) is 4.39 Å². The molecular weight excluding hydrogens is 252 g/mol. The van der Waals surface area contributed by atoms with Gasteiger partial charge in [0, 0.05) is 12.2 Å². The molecule has 1 aromatic rings. The summed E-state index contributed by atoms with van der Waals surface area (Å²) in [5, 5.41) is 11.3. The van der Waals surface area contributed by atoms with Gasteiger partial charge in [0.2, 0.25) is 0 Å². The second-order valence-corrected chi connectivity index (χ2v) is 3.40. The molecule has 0 aromatic heterocycles. The number of benzene rings is 1. The van der Waals surface area contributed by atoms with E-state index < -0.39 is 18.6 Å². The van der Waals surface area contributed by atoms with Crippen molar-refractivity contribution in [1.82, 2.24) is 0 Å². The number of nitrogens with one attached hydrogen (secondary N) is 1. The van der Waals surface area contributed by atoms with E-state index in [9.17, 15) is 17.6 Å². The lowest BCUT2D eigenvalue weighted by atomic mass is 10.2. The predicted octanol–water partition coefficient (Wildman–Crippen LogP) is 2.69. The predicted molar refractivity (Wildman–Crippen MR) is 56.5 cm³/mol. The van der Waals surface area contributed by atoms with Crippen molar-refractivity contribution in [2.75, 3.05) is 25.1 Å². The number of rotatable bonds is 5. The van der Waals surface area contributed by atoms with E-state index in [1.54, 1.807) is 6.07 Å². The number of nitrogens with zero attached hydrogens (tertiary/aromatic N) is 1. The van der Waals surface area contributed by atoms with Crippen molar-refractivity contribution in [3.8, 4) is 6.07 Å². The van der Waals surface area contributed by atoms with Crippen molar-refractivity contribution in [2.24, 2.45) is 0 Å². The van der Waals surface area contributed by atoms with Gasteiger partial charge < -0.3 is 10.1 Å². The Morgan fingerprint density at radius 3 is 2.67 bits per heavy atom. The minimum absolute atomic E-state index is 0.129. The summed E-state index contributed by atoms with van der Waals surface area (Å²) < 4.78 is 52.5. The minimum atomic E-state index is -4.34. The first-order valence-electron chi connectivity index (χ1n) is 5.00. The maximum absolute atomic E-state index is 12.9. The van der Waals surface area contributed by atoms with Gasteiger partial charge in [0.15, 0.2) is 0 Å². The first-order valence-corrected chi connectivity index (χ1v) is 5.00. The van der Waals surface area contributed by atoms with Crippen LogP contribution in [0.3, 0.4) is 0 Å². The third-order valence-corrected chi connectivity index (χ3v) is 1.93. The van der Waals surface area contributed by atoms with Crippen molar-refractivity contribution >= 4 is 5.69 Å². The van der Waals surface area contributed by atoms with Crippen LogP contribution in [0.1, 0.15) is 5.56 Å². The summed E-state index contributed by atoms with van der Waals surface area (Å²) in [5.74, 6) is -0.642. The van der Waals surface area contributed by atoms with Crippen LogP contribution in [0.25, 0.3) is 0 Å². The number of alkyl halides is 3. The molecule has 7 heteroatoms. The molecule has 0 atom stereocenters. The molecule has 0 radical (unpaired) electrons. The summed E-state index contributed by atoms with van der Waals surface area (Å²) in [6.07, 6.45) is -4.34. The van der Waals surface area contributed by atoms with E-state index in [1.807, 2.05) is 0 Å². The molecule has 0 aliphatic heterocycles. The Kier molecular flexibility index (Phi) is 4.92. The SMILES string of the molecule is N#Cc1cc(NCCOCC(F)(F)F)ccc1F. The van der Waals surface area contributed by atoms with Crippen molar-refractivity contribution in [1.29, 1.82) is 5.26 Å². The molecule has 0 aliphatic rings. The van der Waals surface area contributed by atoms with Crippen molar-refractivity contribution in [3.63, 3.8) is 0 Å². The molecular formula is C11H10F4N2O. The van der Waals surface area contributed by atoms with Gasteiger partial charge in [-0.2, -0.15) is 18.4 Å². The first kappa shape index (κ1) is 14.3. The van der Waals surface area contributed by atoms with Crippen molar-refractivity contribution in [3.05, 3.63) is 29.6 Å². The summed E-state index contributed by atoms with van der Waals surface area (Å²) in [6.45, 7) is -1.31. The number of hydrogen-bond donors (Lipinski definition) is 1. The molecule has 0 saturated carbocycles. The Morgan fingerprint density at radius 2 is 2.06 bits per heavy atom. The highest BCUT2D eigenvalue weighted by Gasteiger charge is 2.27. The highest BCUT2D eigenvalue weighted by molar-refractivity contribution is 5.49. The summed E-state index contributed by atoms with van der Waals surface area (Å²) >= 11 is 0. The molecule has 98 valence electrons. The highest BCUT2D eigenvalue weighted by atomic mass is 19.4. The fraction of sp³-hybridized carbons (Fsp3) is 0.364. The Balaban J connectivity index is 2.34. The van der Waals surface area contributed by atoms with Crippen LogP contribution in [0.5, 0.6) is 0 Å². The van der Waals surface area contributed by atoms with Gasteiger partial charge in [0.05, 0.1) is 12.2 Å². The van der Waals surface area contributed by atoms with E-state index in [0.29, 0.717) is 5.69 Å². The van der Waals surface area contributed by atoms with E-state index in [4.69, 9.17) is 5.26 Å².